The van der Waals surface area contributed by atoms with Crippen molar-refractivity contribution in [1.82, 2.24) is 4.68 Å². The van der Waals surface area contributed by atoms with Crippen LogP contribution in [0.3, 0.4) is 0 Å². The van der Waals surface area contributed by atoms with Crippen LogP contribution in [0.5, 0.6) is 11.5 Å². The molecule has 1 fully saturated rings. The van der Waals surface area contributed by atoms with Crippen LogP contribution < -0.4 is 19.9 Å². The van der Waals surface area contributed by atoms with Crippen molar-refractivity contribution in [1.29, 1.82) is 0 Å². The third-order valence-electron chi connectivity index (χ3n) is 6.48. The number of benzene rings is 1. The fourth-order valence-corrected chi connectivity index (χ4v) is 4.88. The van der Waals surface area contributed by atoms with Gasteiger partial charge >= 0.3 is 5.97 Å². The van der Waals surface area contributed by atoms with Gasteiger partial charge in [0.05, 0.1) is 31.0 Å². The number of pyridine rings is 1. The number of fused-ring (bicyclic) bond motifs is 6. The number of hydrogen-bond acceptors (Lipinski definition) is 7. The van der Waals surface area contributed by atoms with Crippen LogP contribution in [0.15, 0.2) is 29.2 Å². The lowest BCUT2D eigenvalue weighted by Crippen LogP contribution is -2.50. The highest BCUT2D eigenvalue weighted by molar-refractivity contribution is 5.89. The summed E-state index contributed by atoms with van der Waals surface area (Å²) in [7, 11) is 2.82. The molecule has 0 amide bonds. The summed E-state index contributed by atoms with van der Waals surface area (Å²) < 4.78 is 48.9. The Morgan fingerprint density at radius 3 is 2.57 bits per heavy atom. The molecular formula is C25H30F2N2O6. The second-order valence-electron chi connectivity index (χ2n) is 9.27. The van der Waals surface area contributed by atoms with E-state index in [2.05, 4.69) is 18.9 Å². The van der Waals surface area contributed by atoms with Crippen LogP contribution in [-0.2, 0) is 9.47 Å². The molecule has 1 unspecified atom stereocenters. The lowest BCUT2D eigenvalue weighted by atomic mass is 9.93. The van der Waals surface area contributed by atoms with Gasteiger partial charge in [0, 0.05) is 38.0 Å². The van der Waals surface area contributed by atoms with Crippen LogP contribution in [0.4, 0.5) is 8.78 Å². The highest BCUT2D eigenvalue weighted by atomic mass is 19.3. The average Bonchev–Trinajstić information content (AvgIpc) is 3.15. The molecule has 0 aliphatic carbocycles. The Labute approximate surface area is 202 Å². The van der Waals surface area contributed by atoms with Crippen LogP contribution >= 0.6 is 0 Å². The highest BCUT2D eigenvalue weighted by Gasteiger charge is 2.45. The smallest absolute Gasteiger partial charge is 0.343 e. The zero-order valence-corrected chi connectivity index (χ0v) is 20.3. The maximum Gasteiger partial charge on any atom is 0.343 e. The number of ether oxygens (including phenoxy) is 4. The molecule has 10 heteroatoms. The van der Waals surface area contributed by atoms with Crippen molar-refractivity contribution in [3.05, 3.63) is 45.7 Å². The van der Waals surface area contributed by atoms with E-state index < -0.39 is 24.4 Å². The Hall–Kier alpha value is -3.14. The molecule has 35 heavy (non-hydrogen) atoms. The fraction of sp³-hybridized carbons (Fsp3) is 0.520. The van der Waals surface area contributed by atoms with Gasteiger partial charge in [-0.05, 0) is 44.4 Å². The number of carbonyl (C=O) groups is 1. The van der Waals surface area contributed by atoms with E-state index >= 15 is 0 Å². The van der Waals surface area contributed by atoms with Gasteiger partial charge in [-0.1, -0.05) is 0 Å². The zero-order valence-electron chi connectivity index (χ0n) is 20.3. The average molecular weight is 493 g/mol. The van der Waals surface area contributed by atoms with Crippen LogP contribution in [0, 0.1) is 0 Å². The summed E-state index contributed by atoms with van der Waals surface area (Å²) >= 11 is 0. The number of nitrogens with zero attached hydrogens (tertiary/aromatic N) is 2. The summed E-state index contributed by atoms with van der Waals surface area (Å²) in [4.78, 5) is 25.1. The maximum atomic E-state index is 13.0. The lowest BCUT2D eigenvalue weighted by Gasteiger charge is -2.44. The Balaban J connectivity index is 1.88. The number of halogens is 2. The standard InChI is InChI=1S/C25H30F2N2O6/c1-25(2)7-6-18-15-10-21(34-9-5-8-32-3)22(35-14-23(26)27)11-16(15)19-12-20(30)17(24(31)33-4)13-28(19)29(18)25/h10-13,18,23H,5-9,14H2,1-4H3. The number of carbonyl (C=O) groups excluding carboxylic acids is 1. The first-order valence-electron chi connectivity index (χ1n) is 11.5. The van der Waals surface area contributed by atoms with Crippen LogP contribution in [0.25, 0.3) is 11.3 Å². The third kappa shape index (κ3) is 4.71. The summed E-state index contributed by atoms with van der Waals surface area (Å²) in [5.41, 5.74) is 1.28. The van der Waals surface area contributed by atoms with Crippen molar-refractivity contribution in [2.75, 3.05) is 39.0 Å². The van der Waals surface area contributed by atoms with E-state index in [0.29, 0.717) is 36.6 Å². The minimum absolute atomic E-state index is 0.0755. The predicted molar refractivity (Wildman–Crippen MR) is 125 cm³/mol. The second-order valence-corrected chi connectivity index (χ2v) is 9.27. The molecule has 0 radical (unpaired) electrons. The summed E-state index contributed by atoms with van der Waals surface area (Å²) in [6, 6.07) is 4.77. The molecule has 1 atom stereocenters. The number of aromatic nitrogens is 1. The molecule has 1 saturated heterocycles. The monoisotopic (exact) mass is 492 g/mol. The molecular weight excluding hydrogens is 462 g/mol. The third-order valence-corrected chi connectivity index (χ3v) is 6.48. The number of hydrogen-bond donors (Lipinski definition) is 0. The molecule has 4 rings (SSSR count). The Kier molecular flexibility index (Phi) is 7.02. The van der Waals surface area contributed by atoms with Crippen LogP contribution in [0.1, 0.15) is 55.1 Å². The Bertz CT molecular complexity index is 1160. The fourth-order valence-electron chi connectivity index (χ4n) is 4.88. The van der Waals surface area contributed by atoms with Gasteiger partial charge in [0.15, 0.2) is 16.9 Å². The van der Waals surface area contributed by atoms with Crippen molar-refractivity contribution in [2.45, 2.75) is 51.1 Å². The molecule has 1 aromatic carbocycles. The quantitative estimate of drug-likeness (QED) is 0.388. The maximum absolute atomic E-state index is 13.0. The van der Waals surface area contributed by atoms with Crippen molar-refractivity contribution >= 4 is 5.97 Å². The van der Waals surface area contributed by atoms with Gasteiger partial charge in [-0.2, -0.15) is 0 Å². The van der Waals surface area contributed by atoms with Crippen LogP contribution in [0.2, 0.25) is 0 Å². The normalized spacial score (nSPS) is 17.6. The lowest BCUT2D eigenvalue weighted by molar-refractivity contribution is 0.0598. The Morgan fingerprint density at radius 2 is 1.89 bits per heavy atom. The van der Waals surface area contributed by atoms with Crippen molar-refractivity contribution < 1.29 is 32.5 Å². The molecule has 0 spiro atoms. The van der Waals surface area contributed by atoms with E-state index in [1.54, 1.807) is 13.2 Å². The molecule has 0 N–H and O–H groups in total. The van der Waals surface area contributed by atoms with Gasteiger partial charge in [0.25, 0.3) is 6.43 Å². The van der Waals surface area contributed by atoms with Crippen molar-refractivity contribution in [3.8, 4) is 22.8 Å². The van der Waals surface area contributed by atoms with Gasteiger partial charge in [-0.15, -0.1) is 0 Å². The highest BCUT2D eigenvalue weighted by Crippen LogP contribution is 2.50. The molecule has 0 bridgehead atoms. The summed E-state index contributed by atoms with van der Waals surface area (Å²) in [5, 5.41) is 2.14. The molecule has 2 aliphatic rings. The summed E-state index contributed by atoms with van der Waals surface area (Å²) in [6.07, 6.45) is 1.15. The van der Waals surface area contributed by atoms with E-state index in [4.69, 9.17) is 18.9 Å². The predicted octanol–water partition coefficient (Wildman–Crippen LogP) is 3.93. The first-order chi connectivity index (χ1) is 16.7. The molecule has 190 valence electrons. The van der Waals surface area contributed by atoms with Crippen molar-refractivity contribution in [2.24, 2.45) is 0 Å². The molecule has 2 aromatic rings. The molecule has 2 aliphatic heterocycles. The zero-order chi connectivity index (χ0) is 25.3. The molecule has 0 saturated carbocycles. The second kappa shape index (κ2) is 9.85. The van der Waals surface area contributed by atoms with E-state index in [9.17, 15) is 18.4 Å². The van der Waals surface area contributed by atoms with E-state index in [0.717, 1.165) is 18.4 Å². The summed E-state index contributed by atoms with van der Waals surface area (Å²) in [6.45, 7) is 4.24. The SMILES string of the molecule is COCCCOc1cc2c(cc1OCC(F)F)-c1cc(=O)c(C(=O)OC)cn1N1C2CCC1(C)C. The van der Waals surface area contributed by atoms with Gasteiger partial charge in [0.2, 0.25) is 0 Å². The van der Waals surface area contributed by atoms with Gasteiger partial charge in [0.1, 0.15) is 12.2 Å². The number of methoxy groups -OCH3 is 2. The van der Waals surface area contributed by atoms with Gasteiger partial charge in [-0.25, -0.2) is 13.6 Å². The van der Waals surface area contributed by atoms with Crippen molar-refractivity contribution in [3.63, 3.8) is 0 Å². The minimum Gasteiger partial charge on any atom is -0.490 e. The largest absolute Gasteiger partial charge is 0.490 e. The van der Waals surface area contributed by atoms with E-state index in [1.807, 2.05) is 10.7 Å². The number of rotatable bonds is 9. The van der Waals surface area contributed by atoms with E-state index in [-0.39, 0.29) is 22.9 Å². The number of alkyl halides is 2. The first-order valence-corrected chi connectivity index (χ1v) is 11.5. The first kappa shape index (κ1) is 25.0. The van der Waals surface area contributed by atoms with Gasteiger partial charge in [-0.3, -0.25) is 14.5 Å². The topological polar surface area (TPSA) is 79.2 Å². The van der Waals surface area contributed by atoms with Crippen LogP contribution in [-0.4, -0.2) is 56.7 Å². The van der Waals surface area contributed by atoms with Gasteiger partial charge < -0.3 is 18.9 Å². The molecule has 3 heterocycles. The molecule has 8 nitrogen and oxygen atoms in total. The summed E-state index contributed by atoms with van der Waals surface area (Å²) in [5.74, 6) is -0.180. The van der Waals surface area contributed by atoms with E-state index in [1.165, 1.54) is 19.4 Å². The minimum atomic E-state index is -2.66. The number of esters is 1. The Morgan fingerprint density at radius 1 is 1.14 bits per heavy atom. The molecule has 1 aromatic heterocycles.